The van der Waals surface area contributed by atoms with Gasteiger partial charge in [-0.3, -0.25) is 19.3 Å². The van der Waals surface area contributed by atoms with E-state index < -0.39 is 23.6 Å². The predicted octanol–water partition coefficient (Wildman–Crippen LogP) is 3.07. The van der Waals surface area contributed by atoms with Crippen LogP contribution < -0.4 is 5.73 Å². The van der Waals surface area contributed by atoms with Crippen molar-refractivity contribution < 1.29 is 18.8 Å². The molecule has 122 valence electrons. The van der Waals surface area contributed by atoms with Gasteiger partial charge in [0.05, 0.1) is 4.91 Å². The van der Waals surface area contributed by atoms with Gasteiger partial charge in [-0.25, -0.2) is 0 Å². The fraction of sp³-hybridized carbons (Fsp3) is 0.0625. The molecular formula is C16H11IN2O4S. The average molecular weight is 454 g/mol. The standard InChI is InChI=1S/C16H11IN2O4S/c17-10-3-1-9(2-4-10)12-6-5-11(23-12)7-13-15(21)19(8-14(18)20)16(22)24-13/h1-7H,8H2,(H2,18,20)/b13-7-. The van der Waals surface area contributed by atoms with Crippen LogP contribution in [0.2, 0.25) is 0 Å². The van der Waals surface area contributed by atoms with Crippen LogP contribution in [0.4, 0.5) is 4.79 Å². The predicted molar refractivity (Wildman–Crippen MR) is 98.7 cm³/mol. The fourth-order valence-electron chi connectivity index (χ4n) is 2.12. The Labute approximate surface area is 155 Å². The Bertz CT molecular complexity index is 857. The number of carbonyl (C=O) groups is 3. The van der Waals surface area contributed by atoms with Gasteiger partial charge >= 0.3 is 0 Å². The summed E-state index contributed by atoms with van der Waals surface area (Å²) in [4.78, 5) is 35.8. The van der Waals surface area contributed by atoms with Crippen LogP contribution in [0.1, 0.15) is 5.76 Å². The summed E-state index contributed by atoms with van der Waals surface area (Å²) in [5.41, 5.74) is 5.95. The third kappa shape index (κ3) is 3.54. The van der Waals surface area contributed by atoms with Crippen molar-refractivity contribution in [2.75, 3.05) is 6.54 Å². The Morgan fingerprint density at radius 3 is 2.58 bits per heavy atom. The van der Waals surface area contributed by atoms with Crippen molar-refractivity contribution in [3.05, 3.63) is 50.6 Å². The smallest absolute Gasteiger partial charge is 0.294 e. The molecule has 0 bridgehead atoms. The molecule has 1 aliphatic heterocycles. The highest BCUT2D eigenvalue weighted by atomic mass is 127. The number of amides is 3. The van der Waals surface area contributed by atoms with Crippen molar-refractivity contribution in [2.24, 2.45) is 5.73 Å². The van der Waals surface area contributed by atoms with Gasteiger partial charge in [0.2, 0.25) is 5.91 Å². The second kappa shape index (κ2) is 6.81. The van der Waals surface area contributed by atoms with E-state index in [0.717, 1.165) is 25.8 Å². The van der Waals surface area contributed by atoms with Crippen molar-refractivity contribution >= 4 is 57.5 Å². The number of nitrogens with zero attached hydrogens (tertiary/aromatic N) is 1. The minimum atomic E-state index is -0.738. The van der Waals surface area contributed by atoms with Crippen molar-refractivity contribution in [3.8, 4) is 11.3 Å². The van der Waals surface area contributed by atoms with E-state index in [-0.39, 0.29) is 4.91 Å². The van der Waals surface area contributed by atoms with E-state index >= 15 is 0 Å². The zero-order chi connectivity index (χ0) is 17.3. The Hall–Kier alpha value is -2.07. The fourth-order valence-corrected chi connectivity index (χ4v) is 3.30. The molecule has 8 heteroatoms. The van der Waals surface area contributed by atoms with E-state index in [1.807, 2.05) is 24.3 Å². The van der Waals surface area contributed by atoms with Gasteiger partial charge in [-0.1, -0.05) is 12.1 Å². The van der Waals surface area contributed by atoms with E-state index in [2.05, 4.69) is 22.6 Å². The molecule has 3 rings (SSSR count). The second-order valence-electron chi connectivity index (χ2n) is 4.94. The zero-order valence-electron chi connectivity index (χ0n) is 12.2. The molecule has 0 radical (unpaired) electrons. The maximum absolute atomic E-state index is 12.1. The molecule has 1 fully saturated rings. The molecule has 2 heterocycles. The Balaban J connectivity index is 1.82. The van der Waals surface area contributed by atoms with E-state index in [9.17, 15) is 14.4 Å². The van der Waals surface area contributed by atoms with Crippen molar-refractivity contribution in [2.45, 2.75) is 0 Å². The van der Waals surface area contributed by atoms with E-state index in [4.69, 9.17) is 10.2 Å². The molecule has 6 nitrogen and oxygen atoms in total. The van der Waals surface area contributed by atoms with Gasteiger partial charge in [0.25, 0.3) is 11.1 Å². The number of primary amides is 1. The van der Waals surface area contributed by atoms with Crippen LogP contribution in [0.3, 0.4) is 0 Å². The summed E-state index contributed by atoms with van der Waals surface area (Å²) in [5, 5.41) is -0.519. The monoisotopic (exact) mass is 454 g/mol. The molecule has 0 atom stereocenters. The summed E-state index contributed by atoms with van der Waals surface area (Å²) in [6.45, 7) is -0.423. The SMILES string of the molecule is NC(=O)CN1C(=O)S/C(=C\c2ccc(-c3ccc(I)cc3)o2)C1=O. The Morgan fingerprint density at radius 1 is 1.21 bits per heavy atom. The number of nitrogens with two attached hydrogens (primary N) is 1. The molecule has 1 aromatic carbocycles. The van der Waals surface area contributed by atoms with Gasteiger partial charge in [-0.15, -0.1) is 0 Å². The molecule has 24 heavy (non-hydrogen) atoms. The van der Waals surface area contributed by atoms with Crippen LogP contribution in [0, 0.1) is 3.57 Å². The Morgan fingerprint density at radius 2 is 1.92 bits per heavy atom. The van der Waals surface area contributed by atoms with Crippen LogP contribution in [0.25, 0.3) is 17.4 Å². The number of imide groups is 1. The summed E-state index contributed by atoms with van der Waals surface area (Å²) in [5.74, 6) is -0.171. The minimum absolute atomic E-state index is 0.199. The van der Waals surface area contributed by atoms with E-state index in [1.165, 1.54) is 6.08 Å². The molecule has 1 aliphatic rings. The normalized spacial score (nSPS) is 16.2. The molecular weight excluding hydrogens is 443 g/mol. The molecule has 2 aromatic rings. The lowest BCUT2D eigenvalue weighted by atomic mass is 10.2. The van der Waals surface area contributed by atoms with Crippen LogP contribution in [-0.4, -0.2) is 28.5 Å². The van der Waals surface area contributed by atoms with Crippen LogP contribution in [0.15, 0.2) is 45.7 Å². The topological polar surface area (TPSA) is 93.6 Å². The van der Waals surface area contributed by atoms with Crippen LogP contribution in [0.5, 0.6) is 0 Å². The minimum Gasteiger partial charge on any atom is -0.457 e. The van der Waals surface area contributed by atoms with E-state index in [1.54, 1.807) is 12.1 Å². The third-order valence-electron chi connectivity index (χ3n) is 3.22. The average Bonchev–Trinajstić information content (AvgIpc) is 3.09. The highest BCUT2D eigenvalue weighted by Crippen LogP contribution is 2.33. The first-order valence-electron chi connectivity index (χ1n) is 6.83. The largest absolute Gasteiger partial charge is 0.457 e. The lowest BCUT2D eigenvalue weighted by Gasteiger charge is -2.08. The van der Waals surface area contributed by atoms with Crippen LogP contribution in [-0.2, 0) is 9.59 Å². The van der Waals surface area contributed by atoms with E-state index in [0.29, 0.717) is 11.5 Å². The van der Waals surface area contributed by atoms with Gasteiger partial charge in [0.1, 0.15) is 18.1 Å². The molecule has 0 saturated carbocycles. The van der Waals surface area contributed by atoms with Crippen molar-refractivity contribution in [1.82, 2.24) is 4.90 Å². The molecule has 1 saturated heterocycles. The second-order valence-corrected chi connectivity index (χ2v) is 7.18. The summed E-state index contributed by atoms with van der Waals surface area (Å²) < 4.78 is 6.82. The first-order valence-corrected chi connectivity index (χ1v) is 8.73. The van der Waals surface area contributed by atoms with Crippen LogP contribution >= 0.6 is 34.4 Å². The van der Waals surface area contributed by atoms with Crippen molar-refractivity contribution in [3.63, 3.8) is 0 Å². The molecule has 0 unspecified atom stereocenters. The summed E-state index contributed by atoms with van der Waals surface area (Å²) >= 11 is 2.97. The Kier molecular flexibility index (Phi) is 4.76. The molecule has 2 N–H and O–H groups in total. The van der Waals surface area contributed by atoms with Gasteiger partial charge in [-0.2, -0.15) is 0 Å². The number of thioether (sulfide) groups is 1. The number of furan rings is 1. The first-order chi connectivity index (χ1) is 11.4. The third-order valence-corrected chi connectivity index (χ3v) is 4.84. The van der Waals surface area contributed by atoms with Gasteiger partial charge in [0.15, 0.2) is 0 Å². The lowest BCUT2D eigenvalue weighted by molar-refractivity contribution is -0.127. The molecule has 0 aliphatic carbocycles. The first kappa shape index (κ1) is 16.8. The quantitative estimate of drug-likeness (QED) is 0.566. The summed E-state index contributed by atoms with van der Waals surface area (Å²) in [6.07, 6.45) is 1.49. The zero-order valence-corrected chi connectivity index (χ0v) is 15.2. The summed E-state index contributed by atoms with van der Waals surface area (Å²) in [6, 6.07) is 11.3. The highest BCUT2D eigenvalue weighted by molar-refractivity contribution is 14.1. The number of hydrogen-bond acceptors (Lipinski definition) is 5. The number of rotatable bonds is 4. The summed E-state index contributed by atoms with van der Waals surface area (Å²) in [7, 11) is 0. The van der Waals surface area contributed by atoms with Crippen molar-refractivity contribution in [1.29, 1.82) is 0 Å². The lowest BCUT2D eigenvalue weighted by Crippen LogP contribution is -2.36. The molecule has 3 amide bonds. The van der Waals surface area contributed by atoms with Gasteiger partial charge < -0.3 is 10.2 Å². The number of halogens is 1. The number of hydrogen-bond donors (Lipinski definition) is 1. The number of carbonyl (C=O) groups excluding carboxylic acids is 3. The van der Waals surface area contributed by atoms with Gasteiger partial charge in [0, 0.05) is 15.2 Å². The molecule has 1 aromatic heterocycles. The maximum Gasteiger partial charge on any atom is 0.294 e. The van der Waals surface area contributed by atoms with Gasteiger partial charge in [-0.05, 0) is 58.6 Å². The number of benzene rings is 1. The highest BCUT2D eigenvalue weighted by Gasteiger charge is 2.36. The molecule has 0 spiro atoms. The maximum atomic E-state index is 12.1.